The number of carbonyl (C=O) groups is 1. The summed E-state index contributed by atoms with van der Waals surface area (Å²) in [5.41, 5.74) is 2.54. The van der Waals surface area contributed by atoms with Crippen LogP contribution in [0.25, 0.3) is 11.3 Å². The molecule has 1 amide bonds. The summed E-state index contributed by atoms with van der Waals surface area (Å²) in [6.45, 7) is 0. The summed E-state index contributed by atoms with van der Waals surface area (Å²) in [5.74, 6) is 0.859. The van der Waals surface area contributed by atoms with E-state index in [1.165, 1.54) is 11.3 Å². The summed E-state index contributed by atoms with van der Waals surface area (Å²) in [6, 6.07) is 17.8. The van der Waals surface area contributed by atoms with Crippen LogP contribution in [0.4, 0.5) is 5.13 Å². The fraction of sp³-hybridized carbons (Fsp3) is 0.238. The van der Waals surface area contributed by atoms with Crippen LogP contribution in [-0.4, -0.2) is 18.0 Å². The van der Waals surface area contributed by atoms with E-state index in [2.05, 4.69) is 10.3 Å². The normalized spacial score (nSPS) is 15.1. The number of hydrogen-bond donors (Lipinski definition) is 1. The van der Waals surface area contributed by atoms with Gasteiger partial charge in [0.05, 0.1) is 18.2 Å². The van der Waals surface area contributed by atoms with Crippen molar-refractivity contribution >= 4 is 22.4 Å². The molecule has 0 spiro atoms. The SMILES string of the molecule is COc1ccc(-c2csc(NC(=O)C3(c4ccccc4)CCC3)n2)cc1. The van der Waals surface area contributed by atoms with Crippen LogP contribution in [0.5, 0.6) is 5.75 Å². The summed E-state index contributed by atoms with van der Waals surface area (Å²) in [7, 11) is 1.65. The van der Waals surface area contributed by atoms with Gasteiger partial charge in [-0.2, -0.15) is 0 Å². The molecule has 0 unspecified atom stereocenters. The fourth-order valence-corrected chi connectivity index (χ4v) is 4.09. The highest BCUT2D eigenvalue weighted by Crippen LogP contribution is 2.44. The van der Waals surface area contributed by atoms with Crippen molar-refractivity contribution in [2.75, 3.05) is 12.4 Å². The van der Waals surface area contributed by atoms with E-state index in [9.17, 15) is 4.79 Å². The lowest BCUT2D eigenvalue weighted by atomic mass is 9.64. The number of carbonyl (C=O) groups excluding carboxylic acids is 1. The van der Waals surface area contributed by atoms with E-state index in [0.29, 0.717) is 5.13 Å². The first-order valence-corrected chi connectivity index (χ1v) is 9.56. The molecule has 0 radical (unpaired) electrons. The maximum absolute atomic E-state index is 13.0. The van der Waals surface area contributed by atoms with Crippen molar-refractivity contribution in [1.29, 1.82) is 0 Å². The Labute approximate surface area is 156 Å². The minimum atomic E-state index is -0.410. The first-order chi connectivity index (χ1) is 12.7. The monoisotopic (exact) mass is 364 g/mol. The molecule has 3 aromatic rings. The average molecular weight is 364 g/mol. The Balaban J connectivity index is 1.52. The van der Waals surface area contributed by atoms with Crippen LogP contribution in [0, 0.1) is 0 Å². The number of rotatable bonds is 5. The highest BCUT2D eigenvalue weighted by atomic mass is 32.1. The van der Waals surface area contributed by atoms with Gasteiger partial charge in [0.25, 0.3) is 0 Å². The molecule has 0 aliphatic heterocycles. The van der Waals surface area contributed by atoms with Crippen LogP contribution in [0.15, 0.2) is 60.0 Å². The summed E-state index contributed by atoms with van der Waals surface area (Å²) >= 11 is 1.45. The number of aromatic nitrogens is 1. The number of amides is 1. The highest BCUT2D eigenvalue weighted by molar-refractivity contribution is 7.14. The van der Waals surface area contributed by atoms with E-state index in [1.54, 1.807) is 7.11 Å². The summed E-state index contributed by atoms with van der Waals surface area (Å²) in [4.78, 5) is 17.6. The number of anilines is 1. The number of nitrogens with one attached hydrogen (secondary N) is 1. The quantitative estimate of drug-likeness (QED) is 0.702. The van der Waals surface area contributed by atoms with Gasteiger partial charge in [0.2, 0.25) is 5.91 Å². The van der Waals surface area contributed by atoms with Gasteiger partial charge in [0.1, 0.15) is 5.75 Å². The fourth-order valence-electron chi connectivity index (χ4n) is 3.38. The first kappa shape index (κ1) is 16.8. The zero-order valence-corrected chi connectivity index (χ0v) is 15.4. The molecular weight excluding hydrogens is 344 g/mol. The summed E-state index contributed by atoms with van der Waals surface area (Å²) < 4.78 is 5.19. The van der Waals surface area contributed by atoms with E-state index in [0.717, 1.165) is 41.8 Å². The van der Waals surface area contributed by atoms with Crippen LogP contribution in [0.3, 0.4) is 0 Å². The van der Waals surface area contributed by atoms with Gasteiger partial charge < -0.3 is 10.1 Å². The van der Waals surface area contributed by atoms with Crippen molar-refractivity contribution in [1.82, 2.24) is 4.98 Å². The van der Waals surface area contributed by atoms with E-state index in [4.69, 9.17) is 4.74 Å². The van der Waals surface area contributed by atoms with E-state index in [1.807, 2.05) is 60.0 Å². The molecule has 1 fully saturated rings. The summed E-state index contributed by atoms with van der Waals surface area (Å²) in [6.07, 6.45) is 2.86. The standard InChI is InChI=1S/C21H20N2O2S/c1-25-17-10-8-15(9-11-17)18-14-26-20(22-18)23-19(24)21(12-5-13-21)16-6-3-2-4-7-16/h2-4,6-11,14H,5,12-13H2,1H3,(H,22,23,24). The molecule has 0 saturated heterocycles. The molecule has 4 rings (SSSR count). The molecule has 1 saturated carbocycles. The van der Waals surface area contributed by atoms with Crippen LogP contribution >= 0.6 is 11.3 Å². The van der Waals surface area contributed by atoms with Crippen LogP contribution < -0.4 is 10.1 Å². The second-order valence-electron chi connectivity index (χ2n) is 6.52. The van der Waals surface area contributed by atoms with Gasteiger partial charge in [-0.3, -0.25) is 4.79 Å². The smallest absolute Gasteiger partial charge is 0.236 e. The lowest BCUT2D eigenvalue weighted by Gasteiger charge is -2.40. The largest absolute Gasteiger partial charge is 0.497 e. The predicted octanol–water partition coefficient (Wildman–Crippen LogP) is 4.88. The van der Waals surface area contributed by atoms with Crippen LogP contribution in [-0.2, 0) is 10.2 Å². The Bertz CT molecular complexity index is 899. The summed E-state index contributed by atoms with van der Waals surface area (Å²) in [5, 5.41) is 5.65. The van der Waals surface area contributed by atoms with Crippen molar-refractivity contribution in [3.05, 3.63) is 65.5 Å². The van der Waals surface area contributed by atoms with Gasteiger partial charge in [-0.25, -0.2) is 4.98 Å². The van der Waals surface area contributed by atoms with Gasteiger partial charge in [-0.1, -0.05) is 36.8 Å². The number of benzene rings is 2. The second-order valence-corrected chi connectivity index (χ2v) is 7.38. The molecule has 1 heterocycles. The third kappa shape index (κ3) is 2.99. The number of ether oxygens (including phenoxy) is 1. The van der Waals surface area contributed by atoms with Crippen molar-refractivity contribution in [3.8, 4) is 17.0 Å². The molecule has 1 N–H and O–H groups in total. The van der Waals surface area contributed by atoms with Gasteiger partial charge in [-0.05, 0) is 42.7 Å². The van der Waals surface area contributed by atoms with Gasteiger partial charge >= 0.3 is 0 Å². The third-order valence-corrected chi connectivity index (χ3v) is 5.84. The molecule has 132 valence electrons. The number of methoxy groups -OCH3 is 1. The van der Waals surface area contributed by atoms with Gasteiger partial charge in [0, 0.05) is 10.9 Å². The minimum absolute atomic E-state index is 0.0468. The molecule has 0 bridgehead atoms. The predicted molar refractivity (Wildman–Crippen MR) is 105 cm³/mol. The van der Waals surface area contributed by atoms with Crippen LogP contribution in [0.2, 0.25) is 0 Å². The van der Waals surface area contributed by atoms with Crippen molar-refractivity contribution in [3.63, 3.8) is 0 Å². The Kier molecular flexibility index (Phi) is 4.47. The topological polar surface area (TPSA) is 51.2 Å². The molecule has 2 aromatic carbocycles. The van der Waals surface area contributed by atoms with Gasteiger partial charge in [0.15, 0.2) is 5.13 Å². The molecule has 4 nitrogen and oxygen atoms in total. The Morgan fingerprint density at radius 1 is 1.12 bits per heavy atom. The lowest BCUT2D eigenvalue weighted by Crippen LogP contribution is -2.45. The molecule has 1 aromatic heterocycles. The zero-order chi connectivity index (χ0) is 18.0. The molecule has 5 heteroatoms. The lowest BCUT2D eigenvalue weighted by molar-refractivity contribution is -0.124. The maximum Gasteiger partial charge on any atom is 0.236 e. The van der Waals surface area contributed by atoms with Gasteiger partial charge in [-0.15, -0.1) is 11.3 Å². The van der Waals surface area contributed by atoms with Crippen molar-refractivity contribution < 1.29 is 9.53 Å². The molecular formula is C21H20N2O2S. The van der Waals surface area contributed by atoms with Crippen molar-refractivity contribution in [2.24, 2.45) is 0 Å². The minimum Gasteiger partial charge on any atom is -0.497 e. The maximum atomic E-state index is 13.0. The number of hydrogen-bond acceptors (Lipinski definition) is 4. The van der Waals surface area contributed by atoms with E-state index < -0.39 is 5.41 Å². The second kappa shape index (κ2) is 6.92. The molecule has 0 atom stereocenters. The zero-order valence-electron chi connectivity index (χ0n) is 14.6. The van der Waals surface area contributed by atoms with Crippen molar-refractivity contribution in [2.45, 2.75) is 24.7 Å². The van der Waals surface area contributed by atoms with E-state index in [-0.39, 0.29) is 5.91 Å². The van der Waals surface area contributed by atoms with E-state index >= 15 is 0 Å². The Morgan fingerprint density at radius 2 is 1.85 bits per heavy atom. The molecule has 1 aliphatic rings. The highest BCUT2D eigenvalue weighted by Gasteiger charge is 2.45. The molecule has 1 aliphatic carbocycles. The number of nitrogens with zero attached hydrogens (tertiary/aromatic N) is 1. The first-order valence-electron chi connectivity index (χ1n) is 8.68. The average Bonchev–Trinajstić information content (AvgIpc) is 3.10. The molecule has 26 heavy (non-hydrogen) atoms. The number of thiazole rings is 1. The van der Waals surface area contributed by atoms with Crippen LogP contribution in [0.1, 0.15) is 24.8 Å². The Hall–Kier alpha value is -2.66. The Morgan fingerprint density at radius 3 is 2.46 bits per heavy atom. The third-order valence-electron chi connectivity index (χ3n) is 5.08.